The molecule has 1 saturated heterocycles. The van der Waals surface area contributed by atoms with Crippen LogP contribution in [0.25, 0.3) is 0 Å². The maximum Gasteiger partial charge on any atom is 0.123 e. The van der Waals surface area contributed by atoms with Crippen LogP contribution in [0.1, 0.15) is 18.4 Å². The first-order valence-corrected chi connectivity index (χ1v) is 7.12. The van der Waals surface area contributed by atoms with Crippen molar-refractivity contribution in [1.29, 1.82) is 0 Å². The van der Waals surface area contributed by atoms with Crippen molar-refractivity contribution in [2.24, 2.45) is 0 Å². The van der Waals surface area contributed by atoms with Gasteiger partial charge in [-0.3, -0.25) is 4.90 Å². The molecular weight excluding hydrogens is 268 g/mol. The van der Waals surface area contributed by atoms with Gasteiger partial charge in [0.1, 0.15) is 5.82 Å². The minimum Gasteiger partial charge on any atom is -0.387 e. The van der Waals surface area contributed by atoms with Crippen LogP contribution in [0.5, 0.6) is 0 Å². The smallest absolute Gasteiger partial charge is 0.123 e. The Kier molecular flexibility index (Phi) is 3.85. The molecule has 1 aliphatic rings. The number of piperidine rings is 1. The lowest BCUT2D eigenvalue weighted by atomic mass is 9.92. The molecule has 1 atom stereocenters. The lowest BCUT2D eigenvalue weighted by molar-refractivity contribution is -0.0478. The van der Waals surface area contributed by atoms with Gasteiger partial charge in [0.2, 0.25) is 0 Å². The number of hydrogen-bond donors (Lipinski definition) is 2. The van der Waals surface area contributed by atoms with E-state index in [-0.39, 0.29) is 0 Å². The number of aromatic nitrogens is 4. The summed E-state index contributed by atoms with van der Waals surface area (Å²) >= 11 is 0. The number of β-amino-alcohol motifs (C(OH)–C–C–N with tert-alkyl or cyclic N) is 1. The Hall–Kier alpha value is -1.99. The van der Waals surface area contributed by atoms with Gasteiger partial charge in [-0.25, -0.2) is 9.67 Å². The molecule has 2 aromatic heterocycles. The Bertz CT molecular complexity index is 587. The van der Waals surface area contributed by atoms with Crippen molar-refractivity contribution in [3.05, 3.63) is 36.3 Å². The van der Waals surface area contributed by atoms with Gasteiger partial charge in [0.25, 0.3) is 0 Å². The summed E-state index contributed by atoms with van der Waals surface area (Å²) in [7, 11) is 0. The number of aliphatic hydroxyl groups is 1. The third-order valence-corrected chi connectivity index (χ3v) is 3.81. The Balaban J connectivity index is 1.65. The molecule has 2 aromatic rings. The summed E-state index contributed by atoms with van der Waals surface area (Å²) in [5.74, 6) is 0.530. The van der Waals surface area contributed by atoms with E-state index in [0.717, 1.165) is 31.5 Å². The first-order chi connectivity index (χ1) is 10.1. The third kappa shape index (κ3) is 3.56. The molecule has 0 aliphatic carbocycles. The summed E-state index contributed by atoms with van der Waals surface area (Å²) in [5, 5.41) is 18.5. The third-order valence-electron chi connectivity index (χ3n) is 3.81. The zero-order valence-corrected chi connectivity index (χ0v) is 11.9. The summed E-state index contributed by atoms with van der Waals surface area (Å²) < 4.78 is 1.69. The molecule has 0 spiro atoms. The van der Waals surface area contributed by atoms with Crippen LogP contribution in [-0.2, 0) is 13.1 Å². The highest BCUT2D eigenvalue weighted by Gasteiger charge is 2.33. The maximum atomic E-state index is 10.8. The molecule has 7 heteroatoms. The van der Waals surface area contributed by atoms with Gasteiger partial charge in [-0.05, 0) is 37.1 Å². The van der Waals surface area contributed by atoms with E-state index in [2.05, 4.69) is 20.2 Å². The molecule has 3 heterocycles. The fraction of sp³-hybridized carbons (Fsp3) is 0.500. The Morgan fingerprint density at radius 2 is 2.29 bits per heavy atom. The van der Waals surface area contributed by atoms with Crippen LogP contribution in [0.15, 0.2) is 30.7 Å². The quantitative estimate of drug-likeness (QED) is 0.839. The molecule has 1 fully saturated rings. The first kappa shape index (κ1) is 14.0. The van der Waals surface area contributed by atoms with Gasteiger partial charge in [0, 0.05) is 25.5 Å². The van der Waals surface area contributed by atoms with Gasteiger partial charge in [-0.1, -0.05) is 5.21 Å². The summed E-state index contributed by atoms with van der Waals surface area (Å²) in [6.45, 7) is 2.84. The second-order valence-electron chi connectivity index (χ2n) is 5.73. The van der Waals surface area contributed by atoms with Gasteiger partial charge in [-0.15, -0.1) is 5.10 Å². The van der Waals surface area contributed by atoms with Gasteiger partial charge < -0.3 is 10.8 Å². The van der Waals surface area contributed by atoms with Crippen molar-refractivity contribution in [1.82, 2.24) is 24.9 Å². The summed E-state index contributed by atoms with van der Waals surface area (Å²) in [4.78, 5) is 6.25. The van der Waals surface area contributed by atoms with Crippen LogP contribution >= 0.6 is 0 Å². The molecule has 0 saturated carbocycles. The van der Waals surface area contributed by atoms with Crippen LogP contribution in [0.3, 0.4) is 0 Å². The van der Waals surface area contributed by atoms with Gasteiger partial charge in [0.15, 0.2) is 0 Å². The highest BCUT2D eigenvalue weighted by atomic mass is 16.3. The first-order valence-electron chi connectivity index (χ1n) is 7.12. The van der Waals surface area contributed by atoms with Gasteiger partial charge in [0.05, 0.1) is 18.3 Å². The normalized spacial score (nSPS) is 23.3. The number of pyridine rings is 1. The largest absolute Gasteiger partial charge is 0.387 e. The summed E-state index contributed by atoms with van der Waals surface area (Å²) in [6, 6.07) is 3.84. The lowest BCUT2D eigenvalue weighted by Gasteiger charge is -2.39. The number of nitrogen functional groups attached to an aromatic ring is 1. The fourth-order valence-corrected chi connectivity index (χ4v) is 2.94. The number of anilines is 1. The molecule has 21 heavy (non-hydrogen) atoms. The zero-order chi connectivity index (χ0) is 14.7. The predicted octanol–water partition coefficient (Wildman–Crippen LogP) is 0.282. The number of likely N-dealkylation sites (tertiary alicyclic amines) is 1. The monoisotopic (exact) mass is 288 g/mol. The molecule has 0 bridgehead atoms. The molecule has 0 aromatic carbocycles. The van der Waals surface area contributed by atoms with E-state index in [1.165, 1.54) is 0 Å². The highest BCUT2D eigenvalue weighted by Crippen LogP contribution is 2.24. The van der Waals surface area contributed by atoms with Crippen LogP contribution in [0.2, 0.25) is 0 Å². The van der Waals surface area contributed by atoms with Crippen LogP contribution in [-0.4, -0.2) is 48.7 Å². The van der Waals surface area contributed by atoms with E-state index < -0.39 is 5.60 Å². The second kappa shape index (κ2) is 5.79. The van der Waals surface area contributed by atoms with E-state index in [1.807, 2.05) is 12.1 Å². The molecule has 1 aliphatic heterocycles. The molecular formula is C14H20N6O. The van der Waals surface area contributed by atoms with E-state index in [1.54, 1.807) is 23.3 Å². The van der Waals surface area contributed by atoms with Crippen molar-refractivity contribution in [3.8, 4) is 0 Å². The summed E-state index contributed by atoms with van der Waals surface area (Å²) in [6.07, 6.45) is 6.87. The lowest BCUT2D eigenvalue weighted by Crippen LogP contribution is -2.50. The minimum atomic E-state index is -0.759. The van der Waals surface area contributed by atoms with E-state index >= 15 is 0 Å². The number of nitrogens with two attached hydrogens (primary N) is 1. The minimum absolute atomic E-state index is 0.474. The van der Waals surface area contributed by atoms with Crippen LogP contribution in [0.4, 0.5) is 5.82 Å². The van der Waals surface area contributed by atoms with E-state index in [9.17, 15) is 5.11 Å². The second-order valence-corrected chi connectivity index (χ2v) is 5.73. The van der Waals surface area contributed by atoms with Gasteiger partial charge >= 0.3 is 0 Å². The topological polar surface area (TPSA) is 93.1 Å². The van der Waals surface area contributed by atoms with Crippen molar-refractivity contribution >= 4 is 5.82 Å². The molecule has 0 amide bonds. The Labute approximate surface area is 123 Å². The van der Waals surface area contributed by atoms with Crippen LogP contribution in [0, 0.1) is 0 Å². The average molecular weight is 288 g/mol. The van der Waals surface area contributed by atoms with Crippen LogP contribution < -0.4 is 5.73 Å². The number of rotatable bonds is 4. The van der Waals surface area contributed by atoms with E-state index in [4.69, 9.17) is 5.73 Å². The molecule has 112 valence electrons. The molecule has 0 radical (unpaired) electrons. The maximum absolute atomic E-state index is 10.8. The Morgan fingerprint density at radius 3 is 3.05 bits per heavy atom. The number of hydrogen-bond acceptors (Lipinski definition) is 6. The van der Waals surface area contributed by atoms with Crippen molar-refractivity contribution < 1.29 is 5.11 Å². The molecule has 3 N–H and O–H groups in total. The standard InChI is InChI=1S/C14H20N6O/c15-13-8-12(2-4-16-13)9-19-6-1-3-14(21,10-19)11-20-7-5-17-18-20/h2,4-5,7-8,21H,1,3,6,9-11H2,(H2,15,16). The molecule has 3 rings (SSSR count). The summed E-state index contributed by atoms with van der Waals surface area (Å²) in [5.41, 5.74) is 6.07. The van der Waals surface area contributed by atoms with Crippen molar-refractivity contribution in [2.75, 3.05) is 18.8 Å². The molecule has 1 unspecified atom stereocenters. The van der Waals surface area contributed by atoms with Crippen molar-refractivity contribution in [2.45, 2.75) is 31.5 Å². The zero-order valence-electron chi connectivity index (χ0n) is 11.9. The SMILES string of the molecule is Nc1cc(CN2CCCC(O)(Cn3ccnn3)C2)ccn1. The highest BCUT2D eigenvalue weighted by molar-refractivity contribution is 5.31. The Morgan fingerprint density at radius 1 is 1.38 bits per heavy atom. The average Bonchev–Trinajstić information content (AvgIpc) is 2.91. The van der Waals surface area contributed by atoms with Crippen molar-refractivity contribution in [3.63, 3.8) is 0 Å². The number of nitrogens with zero attached hydrogens (tertiary/aromatic N) is 5. The molecule has 7 nitrogen and oxygen atoms in total. The predicted molar refractivity (Wildman–Crippen MR) is 78.1 cm³/mol. The fourth-order valence-electron chi connectivity index (χ4n) is 2.94. The van der Waals surface area contributed by atoms with Gasteiger partial charge in [-0.2, -0.15) is 0 Å². The van der Waals surface area contributed by atoms with E-state index in [0.29, 0.717) is 18.9 Å².